The summed E-state index contributed by atoms with van der Waals surface area (Å²) in [6.45, 7) is 0. The van der Waals surface area contributed by atoms with Gasteiger partial charge in [0.15, 0.2) is 0 Å². The Hall–Kier alpha value is -0.780. The Morgan fingerprint density at radius 2 is 1.92 bits per heavy atom. The molecule has 0 aliphatic heterocycles. The first kappa shape index (κ1) is 12.2. The topological polar surface area (TPSA) is 55.1 Å². The number of hydrogen-bond donors (Lipinski definition) is 2. The van der Waals surface area contributed by atoms with Gasteiger partial charge in [-0.1, -0.05) is 0 Å². The molecule has 0 aliphatic carbocycles. The van der Waals surface area contributed by atoms with Crippen molar-refractivity contribution in [2.24, 2.45) is 5.84 Å². The van der Waals surface area contributed by atoms with Gasteiger partial charge in [-0.05, 0) is 24.3 Å². The number of halogens is 2. The van der Waals surface area contributed by atoms with Crippen LogP contribution in [-0.4, -0.2) is 5.91 Å². The first-order valence-corrected chi connectivity index (χ1v) is 3.89. The molecule has 0 radical (unpaired) electrons. The zero-order valence-electron chi connectivity index (χ0n) is 6.49. The van der Waals surface area contributed by atoms with Gasteiger partial charge in [-0.25, -0.2) is 5.84 Å². The number of carbonyl (C=O) groups is 1. The van der Waals surface area contributed by atoms with E-state index in [0.717, 1.165) is 0 Å². The molecule has 0 saturated carbocycles. The van der Waals surface area contributed by atoms with Crippen LogP contribution in [0.25, 0.3) is 0 Å². The molecular weight excluding hydrogens is 215 g/mol. The van der Waals surface area contributed by atoms with Gasteiger partial charge in [0.05, 0.1) is 12.1 Å². The third kappa shape index (κ3) is 3.22. The van der Waals surface area contributed by atoms with Gasteiger partial charge in [0.1, 0.15) is 0 Å². The van der Waals surface area contributed by atoms with Crippen LogP contribution in [0.4, 0.5) is 3.89 Å². The summed E-state index contributed by atoms with van der Waals surface area (Å²) < 4.78 is 11.9. The number of benzene rings is 1. The van der Waals surface area contributed by atoms with E-state index in [4.69, 9.17) is 5.84 Å². The van der Waals surface area contributed by atoms with Crippen LogP contribution in [0.3, 0.4) is 0 Å². The second kappa shape index (κ2) is 5.80. The lowest BCUT2D eigenvalue weighted by atomic mass is 10.2. The maximum absolute atomic E-state index is 11.9. The normalized spacial score (nSPS) is 8.77. The van der Waals surface area contributed by atoms with Crippen molar-refractivity contribution >= 4 is 30.5 Å². The first-order valence-electron chi connectivity index (χ1n) is 3.17. The van der Waals surface area contributed by atoms with Crippen LogP contribution >= 0.6 is 24.6 Å². The molecule has 0 aliphatic rings. The molecular formula is C7H8ClFN2OS. The van der Waals surface area contributed by atoms with E-state index in [-0.39, 0.29) is 30.5 Å². The highest BCUT2D eigenvalue weighted by Crippen LogP contribution is 2.18. The van der Waals surface area contributed by atoms with Crippen LogP contribution in [0, 0.1) is 0 Å². The molecule has 72 valence electrons. The van der Waals surface area contributed by atoms with E-state index < -0.39 is 0 Å². The standard InChI is InChI=1S/C7H7FN2OS.ClH/c8-12-6-3-1-5(2-4-6)7(11)10-9;/h1-4H,9H2,(H,10,11);1H. The highest BCUT2D eigenvalue weighted by molar-refractivity contribution is 7.94. The molecule has 1 aromatic rings. The average molecular weight is 223 g/mol. The smallest absolute Gasteiger partial charge is 0.265 e. The molecule has 0 bridgehead atoms. The quantitative estimate of drug-likeness (QED) is 0.455. The van der Waals surface area contributed by atoms with E-state index in [1.807, 2.05) is 5.43 Å². The van der Waals surface area contributed by atoms with Crippen molar-refractivity contribution in [3.05, 3.63) is 29.8 Å². The fourth-order valence-corrected chi connectivity index (χ4v) is 0.980. The van der Waals surface area contributed by atoms with Gasteiger partial charge in [0.25, 0.3) is 5.91 Å². The summed E-state index contributed by atoms with van der Waals surface area (Å²) in [6, 6.07) is 6.03. The highest BCUT2D eigenvalue weighted by atomic mass is 35.5. The van der Waals surface area contributed by atoms with Crippen LogP contribution in [-0.2, 0) is 0 Å². The second-order valence-corrected chi connectivity index (χ2v) is 2.70. The monoisotopic (exact) mass is 222 g/mol. The van der Waals surface area contributed by atoms with Gasteiger partial charge >= 0.3 is 0 Å². The molecule has 0 unspecified atom stereocenters. The summed E-state index contributed by atoms with van der Waals surface area (Å²) in [5, 5.41) is 0. The van der Waals surface area contributed by atoms with Crippen molar-refractivity contribution in [2.75, 3.05) is 0 Å². The molecule has 1 amide bonds. The number of nitrogens with two attached hydrogens (primary N) is 1. The van der Waals surface area contributed by atoms with E-state index in [9.17, 15) is 8.68 Å². The van der Waals surface area contributed by atoms with Crippen molar-refractivity contribution in [1.29, 1.82) is 0 Å². The Kier molecular flexibility index (Phi) is 5.45. The maximum Gasteiger partial charge on any atom is 0.265 e. The van der Waals surface area contributed by atoms with Crippen molar-refractivity contribution in [1.82, 2.24) is 5.43 Å². The lowest BCUT2D eigenvalue weighted by Crippen LogP contribution is -2.29. The van der Waals surface area contributed by atoms with E-state index in [0.29, 0.717) is 10.5 Å². The Bertz CT molecular complexity index is 280. The van der Waals surface area contributed by atoms with E-state index in [1.165, 1.54) is 24.3 Å². The fourth-order valence-electron chi connectivity index (χ4n) is 0.741. The molecule has 1 aromatic carbocycles. The molecule has 3 N–H and O–H groups in total. The Balaban J connectivity index is 0.00000144. The minimum Gasteiger partial charge on any atom is -0.290 e. The van der Waals surface area contributed by atoms with Gasteiger partial charge in [0, 0.05) is 10.5 Å². The fraction of sp³-hybridized carbons (Fsp3) is 0. The lowest BCUT2D eigenvalue weighted by molar-refractivity contribution is 0.0953. The summed E-state index contributed by atoms with van der Waals surface area (Å²) in [5.74, 6) is 4.51. The van der Waals surface area contributed by atoms with Gasteiger partial charge in [-0.2, -0.15) is 3.89 Å². The van der Waals surface area contributed by atoms with Gasteiger partial charge < -0.3 is 0 Å². The van der Waals surface area contributed by atoms with Crippen LogP contribution in [0.2, 0.25) is 0 Å². The van der Waals surface area contributed by atoms with E-state index in [2.05, 4.69) is 0 Å². The third-order valence-electron chi connectivity index (χ3n) is 1.34. The number of nitrogen functional groups attached to an aromatic ring is 1. The zero-order valence-corrected chi connectivity index (χ0v) is 8.12. The molecule has 3 nitrogen and oxygen atoms in total. The first-order chi connectivity index (χ1) is 5.77. The summed E-state index contributed by atoms with van der Waals surface area (Å²) in [7, 11) is 0. The average Bonchev–Trinajstić information content (AvgIpc) is 2.17. The van der Waals surface area contributed by atoms with Crippen molar-refractivity contribution in [3.63, 3.8) is 0 Å². The largest absolute Gasteiger partial charge is 0.290 e. The molecule has 1 rings (SSSR count). The minimum absolute atomic E-state index is 0. The number of amides is 1. The predicted molar refractivity (Wildman–Crippen MR) is 52.3 cm³/mol. The lowest BCUT2D eigenvalue weighted by Gasteiger charge is -1.98. The highest BCUT2D eigenvalue weighted by Gasteiger charge is 2.01. The molecule has 0 atom stereocenters. The van der Waals surface area contributed by atoms with E-state index in [1.54, 1.807) is 0 Å². The summed E-state index contributed by atoms with van der Waals surface area (Å²) >= 11 is 0.134. The molecule has 0 heterocycles. The SMILES string of the molecule is Cl.NNC(=O)c1ccc(SF)cc1. The van der Waals surface area contributed by atoms with Crippen LogP contribution in [0.1, 0.15) is 10.4 Å². The number of hydrazine groups is 1. The second-order valence-electron chi connectivity index (χ2n) is 2.07. The Labute approximate surface area is 85.6 Å². The summed E-state index contributed by atoms with van der Waals surface area (Å²) in [5.41, 5.74) is 2.39. The van der Waals surface area contributed by atoms with E-state index >= 15 is 0 Å². The Morgan fingerprint density at radius 3 is 2.31 bits per heavy atom. The summed E-state index contributed by atoms with van der Waals surface area (Å²) in [4.78, 5) is 11.3. The number of rotatable bonds is 2. The van der Waals surface area contributed by atoms with Crippen molar-refractivity contribution in [2.45, 2.75) is 4.90 Å². The van der Waals surface area contributed by atoms with Gasteiger partial charge in [-0.3, -0.25) is 10.2 Å². The predicted octanol–water partition coefficient (Wildman–Crippen LogP) is 1.69. The molecule has 13 heavy (non-hydrogen) atoms. The van der Waals surface area contributed by atoms with Crippen LogP contribution in [0.15, 0.2) is 29.2 Å². The Morgan fingerprint density at radius 1 is 1.38 bits per heavy atom. The van der Waals surface area contributed by atoms with Crippen LogP contribution in [0.5, 0.6) is 0 Å². The molecule has 0 aromatic heterocycles. The number of hydrogen-bond acceptors (Lipinski definition) is 3. The number of carbonyl (C=O) groups excluding carboxylic acids is 1. The minimum atomic E-state index is -0.384. The molecule has 0 spiro atoms. The maximum atomic E-state index is 11.9. The molecule has 6 heteroatoms. The zero-order chi connectivity index (χ0) is 8.97. The van der Waals surface area contributed by atoms with Gasteiger partial charge in [-0.15, -0.1) is 12.4 Å². The van der Waals surface area contributed by atoms with Crippen molar-refractivity contribution < 1.29 is 8.68 Å². The molecule has 0 saturated heterocycles. The number of nitrogens with one attached hydrogen (secondary N) is 1. The van der Waals surface area contributed by atoms with Gasteiger partial charge in [0.2, 0.25) is 0 Å². The van der Waals surface area contributed by atoms with Crippen molar-refractivity contribution in [3.8, 4) is 0 Å². The summed E-state index contributed by atoms with van der Waals surface area (Å²) in [6.07, 6.45) is 0. The molecule has 0 fully saturated rings. The van der Waals surface area contributed by atoms with Crippen LogP contribution < -0.4 is 11.3 Å². The third-order valence-corrected chi connectivity index (χ3v) is 1.79.